The number of alkyl carbamates (subject to hydrolysis) is 1. The number of anilines is 1. The average Bonchev–Trinajstić information content (AvgIpc) is 2.89. The molecule has 3 aromatic rings. The Balaban J connectivity index is 1.71. The number of carbonyl (C=O) groups is 3. The lowest BCUT2D eigenvalue weighted by atomic mass is 10.1. The SMILES string of the molecule is Cn1c(N)c(C(=O)COC(=O)[C@H](Cc2ccccc2)NC(=O)OCc2ccccc2)c(=O)n(C)c1=O. The van der Waals surface area contributed by atoms with Crippen LogP contribution in [-0.2, 0) is 41.4 Å². The van der Waals surface area contributed by atoms with Gasteiger partial charge < -0.3 is 20.5 Å². The van der Waals surface area contributed by atoms with Gasteiger partial charge in [-0.3, -0.25) is 18.7 Å². The van der Waals surface area contributed by atoms with Gasteiger partial charge in [0.25, 0.3) is 5.56 Å². The van der Waals surface area contributed by atoms with Gasteiger partial charge in [-0.05, 0) is 11.1 Å². The molecule has 0 spiro atoms. The van der Waals surface area contributed by atoms with E-state index in [4.69, 9.17) is 15.2 Å². The van der Waals surface area contributed by atoms with Crippen molar-refractivity contribution in [3.8, 4) is 0 Å². The second-order valence-corrected chi connectivity index (χ2v) is 7.95. The van der Waals surface area contributed by atoms with Gasteiger partial charge in [-0.2, -0.15) is 0 Å². The summed E-state index contributed by atoms with van der Waals surface area (Å²) < 4.78 is 12.0. The van der Waals surface area contributed by atoms with E-state index in [1.54, 1.807) is 54.6 Å². The molecule has 36 heavy (non-hydrogen) atoms. The third-order valence-electron chi connectivity index (χ3n) is 5.41. The largest absolute Gasteiger partial charge is 0.456 e. The number of amides is 1. The van der Waals surface area contributed by atoms with Crippen molar-refractivity contribution in [2.45, 2.75) is 19.1 Å². The third-order valence-corrected chi connectivity index (χ3v) is 5.41. The van der Waals surface area contributed by atoms with Crippen LogP contribution in [-0.4, -0.2) is 39.6 Å². The lowest BCUT2D eigenvalue weighted by Gasteiger charge is -2.18. The van der Waals surface area contributed by atoms with E-state index in [0.717, 1.165) is 20.3 Å². The molecule has 0 aliphatic rings. The summed E-state index contributed by atoms with van der Waals surface area (Å²) in [5.74, 6) is -2.14. The summed E-state index contributed by atoms with van der Waals surface area (Å²) in [6, 6.07) is 16.7. The molecule has 0 aliphatic carbocycles. The quantitative estimate of drug-likeness (QED) is 0.329. The molecule has 0 saturated heterocycles. The Morgan fingerprint density at radius 3 is 2.08 bits per heavy atom. The first-order chi connectivity index (χ1) is 17.2. The first-order valence-corrected chi connectivity index (χ1v) is 11.0. The second kappa shape index (κ2) is 11.6. The highest BCUT2D eigenvalue weighted by molar-refractivity contribution is 6.01. The molecule has 3 N–H and O–H groups in total. The minimum absolute atomic E-state index is 0.00639. The highest BCUT2D eigenvalue weighted by Gasteiger charge is 2.26. The summed E-state index contributed by atoms with van der Waals surface area (Å²) in [6.45, 7) is -0.823. The standard InChI is InChI=1S/C25H26N4O7/c1-28-21(26)20(22(31)29(2)25(28)34)19(30)15-35-23(32)18(13-16-9-5-3-6-10-16)27-24(33)36-14-17-11-7-4-8-12-17/h3-12,18H,13-15,26H2,1-2H3,(H,27,33)/t18-/m0/s1. The highest BCUT2D eigenvalue weighted by Crippen LogP contribution is 2.08. The molecule has 1 atom stereocenters. The van der Waals surface area contributed by atoms with Gasteiger partial charge in [-0.15, -0.1) is 0 Å². The molecule has 2 aromatic carbocycles. The van der Waals surface area contributed by atoms with Crippen LogP contribution in [0.3, 0.4) is 0 Å². The Kier molecular flexibility index (Phi) is 8.39. The number of ether oxygens (including phenoxy) is 2. The molecule has 0 saturated carbocycles. The molecule has 0 aliphatic heterocycles. The molecule has 0 radical (unpaired) electrons. The van der Waals surface area contributed by atoms with Crippen LogP contribution in [0.5, 0.6) is 0 Å². The number of nitrogens with two attached hydrogens (primary N) is 1. The normalized spacial score (nSPS) is 11.4. The lowest BCUT2D eigenvalue weighted by molar-refractivity contribution is -0.144. The van der Waals surface area contributed by atoms with Gasteiger partial charge in [0.15, 0.2) is 6.61 Å². The van der Waals surface area contributed by atoms with E-state index in [2.05, 4.69) is 5.32 Å². The molecule has 11 nitrogen and oxygen atoms in total. The maximum Gasteiger partial charge on any atom is 0.408 e. The summed E-state index contributed by atoms with van der Waals surface area (Å²) in [6.07, 6.45) is -0.780. The number of nitrogens with one attached hydrogen (secondary N) is 1. The second-order valence-electron chi connectivity index (χ2n) is 7.95. The van der Waals surface area contributed by atoms with Crippen molar-refractivity contribution < 1.29 is 23.9 Å². The Morgan fingerprint density at radius 1 is 0.889 bits per heavy atom. The Morgan fingerprint density at radius 2 is 1.47 bits per heavy atom. The van der Waals surface area contributed by atoms with E-state index in [1.165, 1.54) is 14.1 Å². The van der Waals surface area contributed by atoms with Crippen molar-refractivity contribution >= 4 is 23.7 Å². The van der Waals surface area contributed by atoms with Gasteiger partial charge in [-0.1, -0.05) is 60.7 Å². The number of hydrogen-bond acceptors (Lipinski definition) is 8. The number of nitrogens with zero attached hydrogens (tertiary/aromatic N) is 2. The van der Waals surface area contributed by atoms with E-state index in [1.807, 2.05) is 6.07 Å². The van der Waals surface area contributed by atoms with E-state index < -0.39 is 47.3 Å². The number of ketones is 1. The number of esters is 1. The first kappa shape index (κ1) is 25.9. The zero-order valence-electron chi connectivity index (χ0n) is 19.8. The molecule has 0 bridgehead atoms. The fourth-order valence-corrected chi connectivity index (χ4v) is 3.38. The van der Waals surface area contributed by atoms with Crippen LogP contribution in [0.15, 0.2) is 70.3 Å². The fourth-order valence-electron chi connectivity index (χ4n) is 3.38. The molecular weight excluding hydrogens is 468 g/mol. The number of hydrogen-bond donors (Lipinski definition) is 2. The number of nitrogen functional groups attached to an aromatic ring is 1. The maximum absolute atomic E-state index is 12.8. The summed E-state index contributed by atoms with van der Waals surface area (Å²) >= 11 is 0. The van der Waals surface area contributed by atoms with Crippen LogP contribution in [0, 0.1) is 0 Å². The van der Waals surface area contributed by atoms with Crippen molar-refractivity contribution in [2.24, 2.45) is 14.1 Å². The third kappa shape index (κ3) is 6.26. The monoisotopic (exact) mass is 494 g/mol. The Hall–Kier alpha value is -4.67. The summed E-state index contributed by atoms with van der Waals surface area (Å²) in [5, 5.41) is 2.46. The molecule has 1 heterocycles. The number of benzene rings is 2. The Labute approximate surface area is 206 Å². The number of aromatic nitrogens is 2. The van der Waals surface area contributed by atoms with E-state index in [-0.39, 0.29) is 18.8 Å². The zero-order valence-corrected chi connectivity index (χ0v) is 19.8. The predicted molar refractivity (Wildman–Crippen MR) is 130 cm³/mol. The number of carbonyl (C=O) groups excluding carboxylic acids is 3. The summed E-state index contributed by atoms with van der Waals surface area (Å²) in [4.78, 5) is 62.2. The van der Waals surface area contributed by atoms with Crippen LogP contribution in [0.2, 0.25) is 0 Å². The minimum Gasteiger partial charge on any atom is -0.456 e. The first-order valence-electron chi connectivity index (χ1n) is 11.0. The van der Waals surface area contributed by atoms with Crippen LogP contribution in [0.4, 0.5) is 10.6 Å². The van der Waals surface area contributed by atoms with Crippen LogP contribution in [0.1, 0.15) is 21.5 Å². The fraction of sp³-hybridized carbons (Fsp3) is 0.240. The van der Waals surface area contributed by atoms with Gasteiger partial charge in [0.05, 0.1) is 0 Å². The van der Waals surface area contributed by atoms with Gasteiger partial charge in [-0.25, -0.2) is 14.4 Å². The van der Waals surface area contributed by atoms with Crippen molar-refractivity contribution in [2.75, 3.05) is 12.3 Å². The van der Waals surface area contributed by atoms with Crippen molar-refractivity contribution in [1.82, 2.24) is 14.5 Å². The zero-order chi connectivity index (χ0) is 26.2. The van der Waals surface area contributed by atoms with Crippen LogP contribution in [0.25, 0.3) is 0 Å². The lowest BCUT2D eigenvalue weighted by Crippen LogP contribution is -2.45. The maximum atomic E-state index is 12.8. The molecule has 1 amide bonds. The van der Waals surface area contributed by atoms with Gasteiger partial charge in [0, 0.05) is 20.5 Å². The topological polar surface area (TPSA) is 152 Å². The molecular formula is C25H26N4O7. The van der Waals surface area contributed by atoms with Crippen molar-refractivity contribution in [1.29, 1.82) is 0 Å². The van der Waals surface area contributed by atoms with Gasteiger partial charge in [0.1, 0.15) is 24.0 Å². The van der Waals surface area contributed by atoms with Gasteiger partial charge in [0.2, 0.25) is 5.78 Å². The van der Waals surface area contributed by atoms with Crippen LogP contribution >= 0.6 is 0 Å². The molecule has 3 rings (SSSR count). The highest BCUT2D eigenvalue weighted by atomic mass is 16.6. The average molecular weight is 495 g/mol. The van der Waals surface area contributed by atoms with E-state index >= 15 is 0 Å². The van der Waals surface area contributed by atoms with E-state index in [0.29, 0.717) is 0 Å². The van der Waals surface area contributed by atoms with Crippen molar-refractivity contribution in [3.05, 3.63) is 98.2 Å². The van der Waals surface area contributed by atoms with Crippen LogP contribution < -0.4 is 22.3 Å². The molecule has 0 unspecified atom stereocenters. The molecule has 1 aromatic heterocycles. The van der Waals surface area contributed by atoms with Crippen molar-refractivity contribution in [3.63, 3.8) is 0 Å². The smallest absolute Gasteiger partial charge is 0.408 e. The van der Waals surface area contributed by atoms with E-state index in [9.17, 15) is 24.0 Å². The molecule has 11 heteroatoms. The minimum atomic E-state index is -1.18. The summed E-state index contributed by atoms with van der Waals surface area (Å²) in [7, 11) is 2.51. The number of rotatable bonds is 9. The molecule has 0 fully saturated rings. The summed E-state index contributed by atoms with van der Waals surface area (Å²) in [5.41, 5.74) is 5.20. The number of Topliss-reactive ketones (excluding diaryl/α,β-unsaturated/α-hetero) is 1. The van der Waals surface area contributed by atoms with Gasteiger partial charge >= 0.3 is 17.8 Å². The Bertz CT molecular complexity index is 1360. The predicted octanol–water partition coefficient (Wildman–Crippen LogP) is 0.930. The molecule has 188 valence electrons.